The summed E-state index contributed by atoms with van der Waals surface area (Å²) in [7, 11) is -3.85. The maximum Gasteiger partial charge on any atom is 0.339 e. The Bertz CT molecular complexity index is 1250. The Labute approximate surface area is 181 Å². The zero-order valence-electron chi connectivity index (χ0n) is 16.5. The van der Waals surface area contributed by atoms with Gasteiger partial charge in [0.05, 0.1) is 5.69 Å². The molecule has 31 heavy (non-hydrogen) atoms. The van der Waals surface area contributed by atoms with Crippen LogP contribution in [0.25, 0.3) is 0 Å². The second kappa shape index (κ2) is 9.28. The summed E-state index contributed by atoms with van der Waals surface area (Å²) in [4.78, 5) is 4.55. The molecule has 0 bridgehead atoms. The van der Waals surface area contributed by atoms with Crippen LogP contribution < -0.4 is 8.92 Å². The molecule has 0 aliphatic carbocycles. The van der Waals surface area contributed by atoms with E-state index >= 15 is 0 Å². The molecule has 4 rings (SSSR count). The number of hydrogen-bond donors (Lipinski definition) is 0. The molecule has 0 saturated carbocycles. The van der Waals surface area contributed by atoms with Crippen LogP contribution in [0, 0.1) is 0 Å². The predicted molar refractivity (Wildman–Crippen MR) is 121 cm³/mol. The zero-order valence-corrected chi connectivity index (χ0v) is 17.3. The van der Waals surface area contributed by atoms with Crippen molar-refractivity contribution in [3.05, 3.63) is 115 Å². The van der Waals surface area contributed by atoms with Crippen LogP contribution in [-0.4, -0.2) is 14.6 Å². The summed E-state index contributed by atoms with van der Waals surface area (Å²) >= 11 is 0. The molecule has 0 aliphatic rings. The summed E-state index contributed by atoms with van der Waals surface area (Å²) in [5, 5.41) is 0. The molecule has 0 unspecified atom stereocenters. The summed E-state index contributed by atoms with van der Waals surface area (Å²) in [6, 6.07) is 31.7. The molecule has 0 N–H and O–H groups in total. The van der Waals surface area contributed by atoms with Gasteiger partial charge in [-0.2, -0.15) is 8.42 Å². The van der Waals surface area contributed by atoms with Crippen LogP contribution >= 0.6 is 0 Å². The summed E-state index contributed by atoms with van der Waals surface area (Å²) in [5.74, 6) is 1.74. The standard InChI is InChI=1S/C25H19NO4S/c27-31(28,25-9-5-2-6-10-25)30-24-15-11-20(12-16-24)19-26-21-13-17-23(18-14-21)29-22-7-3-1-4-8-22/h1-19H. The minimum atomic E-state index is -3.85. The first kappa shape index (κ1) is 20.4. The van der Waals surface area contributed by atoms with E-state index in [1.807, 2.05) is 54.6 Å². The molecular formula is C25H19NO4S. The van der Waals surface area contributed by atoms with Crippen LogP contribution in [0.1, 0.15) is 5.56 Å². The topological polar surface area (TPSA) is 65.0 Å². The van der Waals surface area contributed by atoms with Gasteiger partial charge in [-0.25, -0.2) is 0 Å². The third kappa shape index (κ3) is 5.58. The maximum absolute atomic E-state index is 12.3. The molecule has 4 aromatic carbocycles. The number of aliphatic imine (C=N–C) groups is 1. The Morgan fingerprint density at radius 1 is 0.613 bits per heavy atom. The van der Waals surface area contributed by atoms with Gasteiger partial charge < -0.3 is 8.92 Å². The van der Waals surface area contributed by atoms with Crippen molar-refractivity contribution in [1.82, 2.24) is 0 Å². The highest BCUT2D eigenvalue weighted by atomic mass is 32.2. The van der Waals surface area contributed by atoms with Crippen molar-refractivity contribution < 1.29 is 17.3 Å². The monoisotopic (exact) mass is 429 g/mol. The number of para-hydroxylation sites is 1. The molecule has 4 aromatic rings. The lowest BCUT2D eigenvalue weighted by Crippen LogP contribution is -2.09. The van der Waals surface area contributed by atoms with Gasteiger partial charge in [0, 0.05) is 6.21 Å². The normalized spacial score (nSPS) is 11.4. The van der Waals surface area contributed by atoms with E-state index in [0.29, 0.717) is 0 Å². The van der Waals surface area contributed by atoms with Crippen LogP contribution in [0.3, 0.4) is 0 Å². The highest BCUT2D eigenvalue weighted by molar-refractivity contribution is 7.87. The lowest BCUT2D eigenvalue weighted by Gasteiger charge is -2.07. The van der Waals surface area contributed by atoms with E-state index in [9.17, 15) is 8.42 Å². The number of nitrogens with zero attached hydrogens (tertiary/aromatic N) is 1. The molecule has 0 fully saturated rings. The fraction of sp³-hybridized carbons (Fsp3) is 0. The molecule has 0 heterocycles. The van der Waals surface area contributed by atoms with E-state index in [-0.39, 0.29) is 10.6 Å². The summed E-state index contributed by atoms with van der Waals surface area (Å²) < 4.78 is 35.5. The van der Waals surface area contributed by atoms with Gasteiger partial charge in [-0.3, -0.25) is 4.99 Å². The molecule has 154 valence electrons. The summed E-state index contributed by atoms with van der Waals surface area (Å²) in [6.07, 6.45) is 1.70. The molecule has 6 heteroatoms. The Morgan fingerprint density at radius 3 is 1.81 bits per heavy atom. The van der Waals surface area contributed by atoms with E-state index in [1.54, 1.807) is 48.7 Å². The first-order valence-electron chi connectivity index (χ1n) is 9.55. The minimum Gasteiger partial charge on any atom is -0.457 e. The van der Waals surface area contributed by atoms with E-state index in [4.69, 9.17) is 8.92 Å². The Kier molecular flexibility index (Phi) is 6.10. The van der Waals surface area contributed by atoms with E-state index in [2.05, 4.69) is 4.99 Å². The second-order valence-electron chi connectivity index (χ2n) is 6.59. The summed E-state index contributed by atoms with van der Waals surface area (Å²) in [5.41, 5.74) is 1.58. The van der Waals surface area contributed by atoms with Crippen molar-refractivity contribution in [3.63, 3.8) is 0 Å². The second-order valence-corrected chi connectivity index (χ2v) is 8.13. The largest absolute Gasteiger partial charge is 0.457 e. The average molecular weight is 429 g/mol. The maximum atomic E-state index is 12.3. The van der Waals surface area contributed by atoms with Gasteiger partial charge in [0.25, 0.3) is 0 Å². The first-order chi connectivity index (χ1) is 15.1. The lowest BCUT2D eigenvalue weighted by molar-refractivity contribution is 0.482. The number of ether oxygens (including phenoxy) is 1. The predicted octanol–water partition coefficient (Wildman–Crippen LogP) is 6.00. The highest BCUT2D eigenvalue weighted by Gasteiger charge is 2.15. The molecular weight excluding hydrogens is 410 g/mol. The van der Waals surface area contributed by atoms with Crippen molar-refractivity contribution in [3.8, 4) is 17.2 Å². The van der Waals surface area contributed by atoms with Crippen molar-refractivity contribution in [1.29, 1.82) is 0 Å². The smallest absolute Gasteiger partial charge is 0.339 e. The summed E-state index contributed by atoms with van der Waals surface area (Å²) in [6.45, 7) is 0. The number of benzene rings is 4. The number of rotatable bonds is 7. The van der Waals surface area contributed by atoms with Crippen LogP contribution in [0.2, 0.25) is 0 Å². The minimum absolute atomic E-state index is 0.111. The van der Waals surface area contributed by atoms with Gasteiger partial charge in [0.2, 0.25) is 0 Å². The Balaban J connectivity index is 1.38. The molecule has 0 aromatic heterocycles. The fourth-order valence-electron chi connectivity index (χ4n) is 2.75. The van der Waals surface area contributed by atoms with Crippen LogP contribution in [0.15, 0.2) is 119 Å². The molecule has 0 spiro atoms. The van der Waals surface area contributed by atoms with E-state index < -0.39 is 10.1 Å². The van der Waals surface area contributed by atoms with E-state index in [0.717, 1.165) is 22.7 Å². The molecule has 0 radical (unpaired) electrons. The lowest BCUT2D eigenvalue weighted by atomic mass is 10.2. The van der Waals surface area contributed by atoms with Gasteiger partial charge in [0.15, 0.2) is 0 Å². The highest BCUT2D eigenvalue weighted by Crippen LogP contribution is 2.24. The fourth-order valence-corrected chi connectivity index (χ4v) is 3.70. The van der Waals surface area contributed by atoms with Gasteiger partial charge in [-0.15, -0.1) is 0 Å². The van der Waals surface area contributed by atoms with Gasteiger partial charge >= 0.3 is 10.1 Å². The Hall–Kier alpha value is -3.90. The third-order valence-electron chi connectivity index (χ3n) is 4.30. The first-order valence-corrected chi connectivity index (χ1v) is 11.0. The molecule has 0 atom stereocenters. The van der Waals surface area contributed by atoms with Crippen molar-refractivity contribution in [2.45, 2.75) is 4.90 Å². The molecule has 0 amide bonds. The van der Waals surface area contributed by atoms with Gasteiger partial charge in [0.1, 0.15) is 22.1 Å². The van der Waals surface area contributed by atoms with Crippen LogP contribution in [0.4, 0.5) is 5.69 Å². The van der Waals surface area contributed by atoms with E-state index in [1.165, 1.54) is 12.1 Å². The van der Waals surface area contributed by atoms with Crippen molar-refractivity contribution >= 4 is 22.0 Å². The average Bonchev–Trinajstić information content (AvgIpc) is 2.81. The zero-order chi connectivity index (χ0) is 21.5. The molecule has 5 nitrogen and oxygen atoms in total. The number of hydrogen-bond acceptors (Lipinski definition) is 5. The Morgan fingerprint density at radius 2 is 1.16 bits per heavy atom. The van der Waals surface area contributed by atoms with Crippen molar-refractivity contribution in [2.24, 2.45) is 4.99 Å². The third-order valence-corrected chi connectivity index (χ3v) is 5.56. The quantitative estimate of drug-likeness (QED) is 0.267. The van der Waals surface area contributed by atoms with Crippen LogP contribution in [0.5, 0.6) is 17.2 Å². The molecule has 0 saturated heterocycles. The molecule has 0 aliphatic heterocycles. The van der Waals surface area contributed by atoms with Crippen molar-refractivity contribution in [2.75, 3.05) is 0 Å². The SMILES string of the molecule is O=S(=O)(Oc1ccc(C=Nc2ccc(Oc3ccccc3)cc2)cc1)c1ccccc1. The van der Waals surface area contributed by atoms with Gasteiger partial charge in [-0.05, 0) is 78.4 Å². The van der Waals surface area contributed by atoms with Crippen LogP contribution in [-0.2, 0) is 10.1 Å². The van der Waals surface area contributed by atoms with Gasteiger partial charge in [-0.1, -0.05) is 36.4 Å².